The number of fused-ring (bicyclic) bond motifs is 2. The maximum Gasteiger partial charge on any atom is 1.00 e. The molecule has 0 spiro atoms. The second-order valence-electron chi connectivity index (χ2n) is 5.84. The number of nitrogens with zero attached hydrogens (tertiary/aromatic N) is 1. The van der Waals surface area contributed by atoms with Gasteiger partial charge in [0.25, 0.3) is 0 Å². The largest absolute Gasteiger partial charge is 1.00 e. The van der Waals surface area contributed by atoms with Gasteiger partial charge in [-0.2, -0.15) is 0 Å². The van der Waals surface area contributed by atoms with E-state index < -0.39 is 16.0 Å². The number of carbonyl (C=O) groups excluding carboxylic acids is 2. The summed E-state index contributed by atoms with van der Waals surface area (Å²) in [5.74, 6) is -1.11. The van der Waals surface area contributed by atoms with Crippen molar-refractivity contribution in [2.24, 2.45) is 0 Å². The molecule has 0 unspecified atom stereocenters. The zero-order chi connectivity index (χ0) is 18.9. The number of pyridine rings is 1. The van der Waals surface area contributed by atoms with Gasteiger partial charge in [0.2, 0.25) is 0 Å². The number of ketones is 2. The van der Waals surface area contributed by atoms with Crippen molar-refractivity contribution in [2.45, 2.75) is 5.92 Å². The van der Waals surface area contributed by atoms with Crippen LogP contribution >= 0.6 is 0 Å². The molecule has 0 radical (unpaired) electrons. The average Bonchev–Trinajstić information content (AvgIpc) is 2.85. The van der Waals surface area contributed by atoms with Gasteiger partial charge in [0.15, 0.2) is 11.6 Å². The van der Waals surface area contributed by atoms with Crippen molar-refractivity contribution in [1.29, 1.82) is 0 Å². The third-order valence-corrected chi connectivity index (χ3v) is 3.90. The summed E-state index contributed by atoms with van der Waals surface area (Å²) in [4.78, 5) is 29.5. The fourth-order valence-electron chi connectivity index (χ4n) is 2.85. The van der Waals surface area contributed by atoms with Crippen LogP contribution in [0.2, 0.25) is 0 Å². The van der Waals surface area contributed by atoms with Gasteiger partial charge in [0, 0.05) is 22.8 Å². The molecule has 6 nitrogen and oxygen atoms in total. The molecule has 1 aliphatic carbocycles. The van der Waals surface area contributed by atoms with Crippen LogP contribution in [0.15, 0.2) is 60.7 Å². The molecule has 1 heterocycles. The number of para-hydroxylation sites is 1. The molecule has 0 saturated carbocycles. The van der Waals surface area contributed by atoms with Crippen LogP contribution in [0.3, 0.4) is 0 Å². The Balaban J connectivity index is 0.000000390. The molecule has 132 valence electrons. The molecule has 0 bridgehead atoms. The van der Waals surface area contributed by atoms with Crippen molar-refractivity contribution in [2.75, 3.05) is 6.26 Å². The molecule has 3 aromatic rings. The fourth-order valence-corrected chi connectivity index (χ4v) is 2.85. The van der Waals surface area contributed by atoms with Crippen LogP contribution in [0.1, 0.15) is 32.3 Å². The predicted molar refractivity (Wildman–Crippen MR) is 95.2 cm³/mol. The van der Waals surface area contributed by atoms with Crippen molar-refractivity contribution >= 4 is 32.6 Å². The summed E-state index contributed by atoms with van der Waals surface area (Å²) in [5.41, 5.74) is 2.33. The van der Waals surface area contributed by atoms with E-state index in [1.807, 2.05) is 30.3 Å². The number of hydrogen-bond donors (Lipinski definition) is 0. The van der Waals surface area contributed by atoms with Crippen molar-refractivity contribution in [1.82, 2.24) is 4.98 Å². The summed E-state index contributed by atoms with van der Waals surface area (Å²) in [7, 11) is -3.92. The van der Waals surface area contributed by atoms with E-state index in [4.69, 9.17) is 13.0 Å². The first-order valence-electron chi connectivity index (χ1n) is 7.70. The van der Waals surface area contributed by atoms with Crippen LogP contribution in [-0.4, -0.2) is 35.8 Å². The van der Waals surface area contributed by atoms with Gasteiger partial charge in [0.1, 0.15) is 5.92 Å². The van der Waals surface area contributed by atoms with Gasteiger partial charge < -0.3 is 4.55 Å². The second-order valence-corrected chi connectivity index (χ2v) is 7.25. The van der Waals surface area contributed by atoms with Crippen LogP contribution < -0.4 is 29.6 Å². The summed E-state index contributed by atoms with van der Waals surface area (Å²) in [5, 5.41) is 0.997. The van der Waals surface area contributed by atoms with Crippen molar-refractivity contribution in [3.63, 3.8) is 0 Å². The van der Waals surface area contributed by atoms with Gasteiger partial charge in [-0.1, -0.05) is 48.5 Å². The molecule has 8 heteroatoms. The standard InChI is InChI=1S/C18H11NO2.CH4O3S.Na/c20-17-12-6-2-3-7-13(12)18(21)16(17)15-10-9-11-5-1-4-8-14(11)19-15;1-5(2,3)4;/h1-10,16H;1H3,(H,2,3,4);/q;;+1/p-1. The van der Waals surface area contributed by atoms with Crippen LogP contribution in [0.4, 0.5) is 0 Å². The van der Waals surface area contributed by atoms with Crippen LogP contribution in [0.5, 0.6) is 0 Å². The van der Waals surface area contributed by atoms with E-state index in [0.717, 1.165) is 10.9 Å². The normalized spacial score (nSPS) is 13.6. The maximum absolute atomic E-state index is 12.5. The first kappa shape index (κ1) is 21.4. The zero-order valence-corrected chi connectivity index (χ0v) is 17.6. The molecule has 27 heavy (non-hydrogen) atoms. The Morgan fingerprint density at radius 2 is 1.33 bits per heavy atom. The van der Waals surface area contributed by atoms with Crippen molar-refractivity contribution < 1.29 is 52.1 Å². The Kier molecular flexibility index (Phi) is 6.67. The predicted octanol–water partition coefficient (Wildman–Crippen LogP) is -0.437. The van der Waals surface area contributed by atoms with E-state index in [1.165, 1.54) is 0 Å². The molecular weight excluding hydrogens is 377 g/mol. The molecule has 0 atom stereocenters. The average molecular weight is 391 g/mol. The number of aromatic nitrogens is 1. The van der Waals surface area contributed by atoms with E-state index in [9.17, 15) is 9.59 Å². The van der Waals surface area contributed by atoms with Gasteiger partial charge in [-0.25, -0.2) is 8.42 Å². The number of benzene rings is 2. The molecule has 0 N–H and O–H groups in total. The summed E-state index contributed by atoms with van der Waals surface area (Å²) in [6.07, 6.45) is 0.604. The van der Waals surface area contributed by atoms with Crippen molar-refractivity contribution in [3.8, 4) is 0 Å². The molecule has 2 aromatic carbocycles. The smallest absolute Gasteiger partial charge is 0.748 e. The summed E-state index contributed by atoms with van der Waals surface area (Å²) in [6, 6.07) is 18.3. The molecule has 0 saturated heterocycles. The molecule has 4 rings (SSSR count). The van der Waals surface area contributed by atoms with Gasteiger partial charge in [-0.3, -0.25) is 14.6 Å². The molecule has 0 amide bonds. The fraction of sp³-hybridized carbons (Fsp3) is 0.105. The summed E-state index contributed by atoms with van der Waals surface area (Å²) < 4.78 is 27.2. The molecular formula is C19H14NNaO5S. The molecule has 0 fully saturated rings. The van der Waals surface area contributed by atoms with Gasteiger partial charge >= 0.3 is 29.6 Å². The topological polar surface area (TPSA) is 104 Å². The van der Waals surface area contributed by atoms with Gasteiger partial charge in [-0.05, 0) is 12.1 Å². The SMILES string of the molecule is CS(=O)(=O)[O-].O=C1c2ccccc2C(=O)C1c1ccc2ccccc2n1.[Na+]. The Hall–Kier alpha value is -1.90. The summed E-state index contributed by atoms with van der Waals surface area (Å²) in [6.45, 7) is 0. The monoisotopic (exact) mass is 391 g/mol. The second kappa shape index (κ2) is 8.41. The first-order chi connectivity index (χ1) is 12.3. The number of carbonyl (C=O) groups is 2. The van der Waals surface area contributed by atoms with E-state index in [0.29, 0.717) is 23.1 Å². The molecule has 0 aliphatic heterocycles. The third kappa shape index (κ3) is 4.88. The minimum absolute atomic E-state index is 0. The van der Waals surface area contributed by atoms with Gasteiger partial charge in [0.05, 0.1) is 21.3 Å². The van der Waals surface area contributed by atoms with Crippen LogP contribution in [0, 0.1) is 0 Å². The number of Topliss-reactive ketones (excluding diaryl/α,β-unsaturated/α-hetero) is 2. The number of rotatable bonds is 1. The summed E-state index contributed by atoms with van der Waals surface area (Å²) >= 11 is 0. The maximum atomic E-state index is 12.5. The van der Waals surface area contributed by atoms with E-state index in [2.05, 4.69) is 4.98 Å². The van der Waals surface area contributed by atoms with Crippen molar-refractivity contribution in [3.05, 3.63) is 77.5 Å². The quantitative estimate of drug-likeness (QED) is 0.317. The van der Waals surface area contributed by atoms with E-state index in [-0.39, 0.29) is 41.1 Å². The number of hydrogen-bond acceptors (Lipinski definition) is 6. The Labute approximate surface area is 178 Å². The minimum atomic E-state index is -3.92. The molecule has 1 aromatic heterocycles. The minimum Gasteiger partial charge on any atom is -0.748 e. The zero-order valence-electron chi connectivity index (χ0n) is 14.7. The van der Waals surface area contributed by atoms with Crippen LogP contribution in [-0.2, 0) is 10.1 Å². The molecule has 1 aliphatic rings. The van der Waals surface area contributed by atoms with E-state index in [1.54, 1.807) is 30.3 Å². The Morgan fingerprint density at radius 3 is 1.89 bits per heavy atom. The Morgan fingerprint density at radius 1 is 0.852 bits per heavy atom. The van der Waals surface area contributed by atoms with Crippen LogP contribution in [0.25, 0.3) is 10.9 Å². The van der Waals surface area contributed by atoms with E-state index >= 15 is 0 Å². The van der Waals surface area contributed by atoms with Gasteiger partial charge in [-0.15, -0.1) is 0 Å². The third-order valence-electron chi connectivity index (χ3n) is 3.90. The Bertz CT molecular complexity index is 1080. The first-order valence-corrected chi connectivity index (χ1v) is 9.51.